The lowest BCUT2D eigenvalue weighted by molar-refractivity contribution is 1.11. The van der Waals surface area contributed by atoms with Crippen molar-refractivity contribution >= 4 is 17.4 Å². The third-order valence-corrected chi connectivity index (χ3v) is 3.25. The van der Waals surface area contributed by atoms with Crippen LogP contribution in [0.5, 0.6) is 0 Å². The van der Waals surface area contributed by atoms with Crippen molar-refractivity contribution in [2.45, 2.75) is 23.8 Å². The van der Waals surface area contributed by atoms with Crippen molar-refractivity contribution in [3.05, 3.63) is 47.7 Å². The molecule has 0 saturated carbocycles. The summed E-state index contributed by atoms with van der Waals surface area (Å²) < 4.78 is 0. The molecule has 1 heterocycles. The molecule has 2 N–H and O–H groups in total. The topological polar surface area (TPSA) is 38.9 Å². The predicted octanol–water partition coefficient (Wildman–Crippen LogP) is 3.43. The Bertz CT molecular complexity index is 509. The summed E-state index contributed by atoms with van der Waals surface area (Å²) in [6.45, 7) is 4.05. The lowest BCUT2D eigenvalue weighted by Gasteiger charge is -2.04. The van der Waals surface area contributed by atoms with Gasteiger partial charge in [0, 0.05) is 16.8 Å². The molecule has 2 nitrogen and oxygen atoms in total. The van der Waals surface area contributed by atoms with Crippen LogP contribution in [0.15, 0.2) is 46.5 Å². The zero-order chi connectivity index (χ0) is 11.5. The van der Waals surface area contributed by atoms with Gasteiger partial charge < -0.3 is 5.73 Å². The molecule has 0 aliphatic carbocycles. The van der Waals surface area contributed by atoms with Crippen LogP contribution in [-0.2, 0) is 0 Å². The van der Waals surface area contributed by atoms with Crippen LogP contribution in [0.1, 0.15) is 11.1 Å². The van der Waals surface area contributed by atoms with Gasteiger partial charge in [-0.2, -0.15) is 0 Å². The number of nitrogen functional groups attached to an aromatic ring is 1. The van der Waals surface area contributed by atoms with Crippen LogP contribution in [-0.4, -0.2) is 4.98 Å². The number of hydrogen-bond donors (Lipinski definition) is 1. The summed E-state index contributed by atoms with van der Waals surface area (Å²) in [4.78, 5) is 5.54. The number of nitrogens with zero attached hydrogens (tertiary/aromatic N) is 1. The predicted molar refractivity (Wildman–Crippen MR) is 68.7 cm³/mol. The monoisotopic (exact) mass is 230 g/mol. The summed E-state index contributed by atoms with van der Waals surface area (Å²) >= 11 is 1.63. The number of benzene rings is 1. The third kappa shape index (κ3) is 2.55. The standard InChI is InChI=1S/C13H14N2S/c1-9-4-3-5-11(6-9)16-13-7-12(14)10(2)8-15-13/h3-8H,1-2H3,(H2,14,15). The fourth-order valence-corrected chi connectivity index (χ4v) is 2.30. The molecule has 0 aliphatic rings. The Morgan fingerprint density at radius 1 is 1.19 bits per heavy atom. The minimum Gasteiger partial charge on any atom is -0.398 e. The van der Waals surface area contributed by atoms with E-state index in [0.29, 0.717) is 0 Å². The van der Waals surface area contributed by atoms with Crippen LogP contribution in [0.2, 0.25) is 0 Å². The van der Waals surface area contributed by atoms with E-state index in [0.717, 1.165) is 16.3 Å². The number of aromatic nitrogens is 1. The van der Waals surface area contributed by atoms with Gasteiger partial charge in [-0.25, -0.2) is 4.98 Å². The van der Waals surface area contributed by atoms with Crippen LogP contribution in [0, 0.1) is 13.8 Å². The average Bonchev–Trinajstić information content (AvgIpc) is 2.24. The molecule has 1 aromatic carbocycles. The zero-order valence-electron chi connectivity index (χ0n) is 9.40. The Balaban J connectivity index is 2.24. The van der Waals surface area contributed by atoms with Crippen molar-refractivity contribution in [2.75, 3.05) is 5.73 Å². The molecular formula is C13H14N2S. The number of pyridine rings is 1. The maximum absolute atomic E-state index is 5.85. The largest absolute Gasteiger partial charge is 0.398 e. The van der Waals surface area contributed by atoms with Crippen LogP contribution in [0.25, 0.3) is 0 Å². The van der Waals surface area contributed by atoms with Gasteiger partial charge in [0.05, 0.1) is 0 Å². The van der Waals surface area contributed by atoms with E-state index in [9.17, 15) is 0 Å². The first-order valence-corrected chi connectivity index (χ1v) is 5.93. The number of anilines is 1. The molecule has 82 valence electrons. The quantitative estimate of drug-likeness (QED) is 0.859. The molecule has 0 radical (unpaired) electrons. The van der Waals surface area contributed by atoms with E-state index in [1.807, 2.05) is 19.2 Å². The van der Waals surface area contributed by atoms with Crippen LogP contribution >= 0.6 is 11.8 Å². The smallest absolute Gasteiger partial charge is 0.103 e. The Morgan fingerprint density at radius 2 is 2.00 bits per heavy atom. The summed E-state index contributed by atoms with van der Waals surface area (Å²) in [5.41, 5.74) is 8.92. The molecule has 16 heavy (non-hydrogen) atoms. The van der Waals surface area contributed by atoms with Gasteiger partial charge in [0.15, 0.2) is 0 Å². The molecule has 0 unspecified atom stereocenters. The van der Waals surface area contributed by atoms with Gasteiger partial charge >= 0.3 is 0 Å². The number of aryl methyl sites for hydroxylation is 2. The zero-order valence-corrected chi connectivity index (χ0v) is 10.2. The molecule has 3 heteroatoms. The Kier molecular flexibility index (Phi) is 3.15. The minimum atomic E-state index is 0.796. The highest BCUT2D eigenvalue weighted by atomic mass is 32.2. The first kappa shape index (κ1) is 11.0. The van der Waals surface area contributed by atoms with Crippen LogP contribution < -0.4 is 5.73 Å². The van der Waals surface area contributed by atoms with Crippen LogP contribution in [0.4, 0.5) is 5.69 Å². The first-order chi connectivity index (χ1) is 7.65. The molecule has 0 amide bonds. The molecule has 2 rings (SSSR count). The Morgan fingerprint density at radius 3 is 2.69 bits per heavy atom. The number of hydrogen-bond acceptors (Lipinski definition) is 3. The Labute approximate surface area is 99.9 Å². The summed E-state index contributed by atoms with van der Waals surface area (Å²) in [7, 11) is 0. The Hall–Kier alpha value is -1.48. The molecule has 1 aromatic heterocycles. The fourth-order valence-electron chi connectivity index (χ4n) is 1.37. The first-order valence-electron chi connectivity index (χ1n) is 5.12. The van der Waals surface area contributed by atoms with Gasteiger partial charge in [0.25, 0.3) is 0 Å². The van der Waals surface area contributed by atoms with E-state index in [2.05, 4.69) is 36.2 Å². The molecule has 0 bridgehead atoms. The second kappa shape index (κ2) is 4.58. The lowest BCUT2D eigenvalue weighted by Crippen LogP contribution is -1.91. The molecule has 0 aliphatic heterocycles. The number of nitrogens with two attached hydrogens (primary N) is 1. The van der Waals surface area contributed by atoms with E-state index in [-0.39, 0.29) is 0 Å². The average molecular weight is 230 g/mol. The van der Waals surface area contributed by atoms with E-state index >= 15 is 0 Å². The van der Waals surface area contributed by atoms with Crippen molar-refractivity contribution in [2.24, 2.45) is 0 Å². The maximum atomic E-state index is 5.85. The molecule has 0 atom stereocenters. The van der Waals surface area contributed by atoms with Crippen molar-refractivity contribution in [1.82, 2.24) is 4.98 Å². The van der Waals surface area contributed by atoms with Gasteiger partial charge in [0.1, 0.15) is 5.03 Å². The normalized spacial score (nSPS) is 10.4. The van der Waals surface area contributed by atoms with E-state index < -0.39 is 0 Å². The third-order valence-electron chi connectivity index (χ3n) is 2.33. The summed E-state index contributed by atoms with van der Waals surface area (Å²) in [6, 6.07) is 10.3. The molecular weight excluding hydrogens is 216 g/mol. The highest BCUT2D eigenvalue weighted by Gasteiger charge is 2.01. The molecule has 0 fully saturated rings. The summed E-state index contributed by atoms with van der Waals surface area (Å²) in [6.07, 6.45) is 1.81. The van der Waals surface area contributed by atoms with Gasteiger partial charge in [-0.05, 0) is 37.6 Å². The lowest BCUT2D eigenvalue weighted by atomic mass is 10.2. The van der Waals surface area contributed by atoms with E-state index in [1.165, 1.54) is 10.5 Å². The molecule has 0 spiro atoms. The molecule has 0 saturated heterocycles. The van der Waals surface area contributed by atoms with Gasteiger partial charge in [-0.1, -0.05) is 29.5 Å². The van der Waals surface area contributed by atoms with Gasteiger partial charge in [-0.3, -0.25) is 0 Å². The van der Waals surface area contributed by atoms with Gasteiger partial charge in [-0.15, -0.1) is 0 Å². The second-order valence-corrected chi connectivity index (χ2v) is 4.89. The summed E-state index contributed by atoms with van der Waals surface area (Å²) in [5.74, 6) is 0. The second-order valence-electron chi connectivity index (χ2n) is 3.80. The van der Waals surface area contributed by atoms with Crippen molar-refractivity contribution in [3.63, 3.8) is 0 Å². The summed E-state index contributed by atoms with van der Waals surface area (Å²) in [5, 5.41) is 0.939. The number of rotatable bonds is 2. The highest BCUT2D eigenvalue weighted by Crippen LogP contribution is 2.28. The van der Waals surface area contributed by atoms with Crippen molar-refractivity contribution < 1.29 is 0 Å². The van der Waals surface area contributed by atoms with Crippen molar-refractivity contribution in [3.8, 4) is 0 Å². The fraction of sp³-hybridized carbons (Fsp3) is 0.154. The minimum absolute atomic E-state index is 0.796. The van der Waals surface area contributed by atoms with Crippen molar-refractivity contribution in [1.29, 1.82) is 0 Å². The van der Waals surface area contributed by atoms with Gasteiger partial charge in [0.2, 0.25) is 0 Å². The van der Waals surface area contributed by atoms with E-state index in [1.54, 1.807) is 11.8 Å². The maximum Gasteiger partial charge on any atom is 0.103 e. The highest BCUT2D eigenvalue weighted by molar-refractivity contribution is 7.99. The van der Waals surface area contributed by atoms with E-state index in [4.69, 9.17) is 5.73 Å². The molecule has 2 aromatic rings. The SMILES string of the molecule is Cc1cccc(Sc2cc(N)c(C)cn2)c1. The van der Waals surface area contributed by atoms with Crippen LogP contribution in [0.3, 0.4) is 0 Å².